The Labute approximate surface area is 87.1 Å². The molecule has 1 aromatic rings. The fourth-order valence-electron chi connectivity index (χ4n) is 1.91. The monoisotopic (exact) mass is 208 g/mol. The van der Waals surface area contributed by atoms with Crippen molar-refractivity contribution in [3.8, 4) is 5.75 Å². The molecule has 0 radical (unpaired) electrons. The van der Waals surface area contributed by atoms with Gasteiger partial charge in [-0.2, -0.15) is 0 Å². The Bertz CT molecular complexity index is 413. The summed E-state index contributed by atoms with van der Waals surface area (Å²) in [5.41, 5.74) is 0.0780. The van der Waals surface area contributed by atoms with E-state index >= 15 is 0 Å². The molecule has 1 aliphatic rings. The molecule has 80 valence electrons. The summed E-state index contributed by atoms with van der Waals surface area (Å²) < 4.78 is 5.04. The van der Waals surface area contributed by atoms with E-state index in [0.29, 0.717) is 5.75 Å². The number of benzene rings is 1. The summed E-state index contributed by atoms with van der Waals surface area (Å²) in [5.74, 6) is -0.485. The molecule has 2 rings (SSSR count). The number of methoxy groups -OCH3 is 1. The van der Waals surface area contributed by atoms with Gasteiger partial charge < -0.3 is 14.9 Å². The van der Waals surface area contributed by atoms with E-state index in [0.717, 1.165) is 11.1 Å². The van der Waals surface area contributed by atoms with Gasteiger partial charge in [-0.05, 0) is 23.3 Å². The Morgan fingerprint density at radius 1 is 1.40 bits per heavy atom. The van der Waals surface area contributed by atoms with Crippen LogP contribution in [0.5, 0.6) is 5.75 Å². The van der Waals surface area contributed by atoms with Crippen LogP contribution in [0.3, 0.4) is 0 Å². The third kappa shape index (κ3) is 1.57. The van der Waals surface area contributed by atoms with Gasteiger partial charge in [0.15, 0.2) is 5.60 Å². The Morgan fingerprint density at radius 3 is 2.67 bits per heavy atom. The van der Waals surface area contributed by atoms with Gasteiger partial charge in [0.2, 0.25) is 0 Å². The molecular formula is C11H12O4. The molecule has 0 saturated heterocycles. The van der Waals surface area contributed by atoms with Crippen molar-refractivity contribution in [2.45, 2.75) is 18.4 Å². The summed E-state index contributed by atoms with van der Waals surface area (Å²) in [4.78, 5) is 10.9. The highest BCUT2D eigenvalue weighted by molar-refractivity contribution is 5.79. The van der Waals surface area contributed by atoms with Crippen LogP contribution in [0.1, 0.15) is 11.1 Å². The van der Waals surface area contributed by atoms with Crippen LogP contribution in [0.4, 0.5) is 0 Å². The highest BCUT2D eigenvalue weighted by Gasteiger charge is 2.42. The molecule has 1 atom stereocenters. The van der Waals surface area contributed by atoms with Crippen LogP contribution in [-0.2, 0) is 17.6 Å². The van der Waals surface area contributed by atoms with Crippen molar-refractivity contribution in [3.63, 3.8) is 0 Å². The molecule has 0 heterocycles. The van der Waals surface area contributed by atoms with Gasteiger partial charge in [0.25, 0.3) is 0 Å². The van der Waals surface area contributed by atoms with Gasteiger partial charge >= 0.3 is 5.97 Å². The zero-order chi connectivity index (χ0) is 11.1. The molecular weight excluding hydrogens is 196 g/mol. The standard InChI is InChI=1S/C11H12O4/c1-15-9-3-2-7-5-11(14,10(12)13)6-8(7)4-9/h2-4,14H,5-6H2,1H3,(H,12,13)/t11-/m0/s1. The molecule has 4 nitrogen and oxygen atoms in total. The molecule has 1 aromatic carbocycles. The van der Waals surface area contributed by atoms with Crippen LogP contribution in [0, 0.1) is 0 Å². The number of carbonyl (C=O) groups is 1. The smallest absolute Gasteiger partial charge is 0.336 e. The minimum atomic E-state index is -1.64. The van der Waals surface area contributed by atoms with Crippen molar-refractivity contribution in [2.75, 3.05) is 7.11 Å². The van der Waals surface area contributed by atoms with Gasteiger partial charge in [-0.25, -0.2) is 4.79 Å². The fourth-order valence-corrected chi connectivity index (χ4v) is 1.91. The molecule has 0 aliphatic heterocycles. The third-order valence-electron chi connectivity index (χ3n) is 2.78. The Kier molecular flexibility index (Phi) is 2.16. The second kappa shape index (κ2) is 3.24. The lowest BCUT2D eigenvalue weighted by molar-refractivity contribution is -0.157. The maximum absolute atomic E-state index is 10.9. The van der Waals surface area contributed by atoms with E-state index in [1.807, 2.05) is 0 Å². The third-order valence-corrected chi connectivity index (χ3v) is 2.78. The van der Waals surface area contributed by atoms with Gasteiger partial charge in [-0.3, -0.25) is 0 Å². The quantitative estimate of drug-likeness (QED) is 0.747. The average molecular weight is 208 g/mol. The molecule has 0 saturated carbocycles. The van der Waals surface area contributed by atoms with E-state index in [1.54, 1.807) is 25.3 Å². The van der Waals surface area contributed by atoms with E-state index < -0.39 is 11.6 Å². The van der Waals surface area contributed by atoms with Crippen molar-refractivity contribution in [2.24, 2.45) is 0 Å². The summed E-state index contributed by atoms with van der Waals surface area (Å²) in [6.45, 7) is 0. The van der Waals surface area contributed by atoms with Gasteiger partial charge in [0.05, 0.1) is 7.11 Å². The molecule has 2 N–H and O–H groups in total. The molecule has 1 aliphatic carbocycles. The minimum absolute atomic E-state index is 0.148. The van der Waals surface area contributed by atoms with Crippen molar-refractivity contribution in [3.05, 3.63) is 29.3 Å². The Morgan fingerprint density at radius 2 is 2.07 bits per heavy atom. The molecule has 0 bridgehead atoms. The van der Waals surface area contributed by atoms with Crippen LogP contribution < -0.4 is 4.74 Å². The lowest BCUT2D eigenvalue weighted by atomic mass is 10.0. The maximum atomic E-state index is 10.9. The minimum Gasteiger partial charge on any atom is -0.497 e. The molecule has 4 heteroatoms. The predicted octanol–water partition coefficient (Wildman–Crippen LogP) is 0.609. The number of carboxylic acids is 1. The first-order valence-corrected chi connectivity index (χ1v) is 4.67. The predicted molar refractivity (Wildman–Crippen MR) is 53.0 cm³/mol. The summed E-state index contributed by atoms with van der Waals surface area (Å²) >= 11 is 0. The number of aliphatic carboxylic acids is 1. The number of rotatable bonds is 2. The van der Waals surface area contributed by atoms with E-state index in [4.69, 9.17) is 9.84 Å². The molecule has 0 spiro atoms. The van der Waals surface area contributed by atoms with Crippen molar-refractivity contribution >= 4 is 5.97 Å². The molecule has 0 fully saturated rings. The van der Waals surface area contributed by atoms with Crippen LogP contribution >= 0.6 is 0 Å². The number of aliphatic hydroxyl groups is 1. The normalized spacial score (nSPS) is 23.6. The number of carboxylic acid groups (broad SMARTS) is 1. The average Bonchev–Trinajstić information content (AvgIpc) is 2.54. The second-order valence-corrected chi connectivity index (χ2v) is 3.82. The van der Waals surface area contributed by atoms with E-state index in [-0.39, 0.29) is 12.8 Å². The number of ether oxygens (including phenoxy) is 1. The Hall–Kier alpha value is -1.55. The summed E-state index contributed by atoms with van der Waals surface area (Å²) in [6, 6.07) is 5.34. The van der Waals surface area contributed by atoms with Gasteiger partial charge in [-0.1, -0.05) is 6.07 Å². The zero-order valence-electron chi connectivity index (χ0n) is 8.36. The topological polar surface area (TPSA) is 66.8 Å². The van der Waals surface area contributed by atoms with E-state index in [1.165, 1.54) is 0 Å². The van der Waals surface area contributed by atoms with E-state index in [9.17, 15) is 9.90 Å². The lowest BCUT2D eigenvalue weighted by Crippen LogP contribution is -2.39. The van der Waals surface area contributed by atoms with Gasteiger partial charge in [-0.15, -0.1) is 0 Å². The second-order valence-electron chi connectivity index (χ2n) is 3.82. The van der Waals surface area contributed by atoms with Crippen molar-refractivity contribution in [1.29, 1.82) is 0 Å². The lowest BCUT2D eigenvalue weighted by Gasteiger charge is -2.14. The maximum Gasteiger partial charge on any atom is 0.336 e. The highest BCUT2D eigenvalue weighted by Crippen LogP contribution is 2.32. The number of hydrogen-bond acceptors (Lipinski definition) is 3. The van der Waals surface area contributed by atoms with Gasteiger partial charge in [0.1, 0.15) is 5.75 Å². The molecule has 0 unspecified atom stereocenters. The largest absolute Gasteiger partial charge is 0.497 e. The molecule has 0 aromatic heterocycles. The molecule has 15 heavy (non-hydrogen) atoms. The zero-order valence-corrected chi connectivity index (χ0v) is 8.36. The van der Waals surface area contributed by atoms with Crippen LogP contribution in [0.25, 0.3) is 0 Å². The first-order chi connectivity index (χ1) is 7.05. The van der Waals surface area contributed by atoms with Crippen LogP contribution in [0.2, 0.25) is 0 Å². The van der Waals surface area contributed by atoms with Crippen LogP contribution in [0.15, 0.2) is 18.2 Å². The molecule has 0 amide bonds. The summed E-state index contributed by atoms with van der Waals surface area (Å²) in [5, 5.41) is 18.7. The first kappa shape index (κ1) is 9.98. The van der Waals surface area contributed by atoms with Gasteiger partial charge in [0, 0.05) is 12.8 Å². The van der Waals surface area contributed by atoms with Crippen molar-refractivity contribution in [1.82, 2.24) is 0 Å². The summed E-state index contributed by atoms with van der Waals surface area (Å²) in [6.07, 6.45) is 0.316. The Balaban J connectivity index is 2.35. The fraction of sp³-hybridized carbons (Fsp3) is 0.364. The number of fused-ring (bicyclic) bond motifs is 1. The van der Waals surface area contributed by atoms with E-state index in [2.05, 4.69) is 0 Å². The SMILES string of the molecule is COc1ccc2c(c1)C[C@](O)(C(=O)O)C2. The highest BCUT2D eigenvalue weighted by atomic mass is 16.5. The number of hydrogen-bond donors (Lipinski definition) is 2. The summed E-state index contributed by atoms with van der Waals surface area (Å²) in [7, 11) is 1.56. The van der Waals surface area contributed by atoms with Crippen LogP contribution in [-0.4, -0.2) is 28.9 Å². The van der Waals surface area contributed by atoms with Crippen molar-refractivity contribution < 1.29 is 19.7 Å². The first-order valence-electron chi connectivity index (χ1n) is 4.67.